The van der Waals surface area contributed by atoms with Gasteiger partial charge in [-0.3, -0.25) is 9.08 Å². The summed E-state index contributed by atoms with van der Waals surface area (Å²) < 4.78 is 3.77. The molecular weight excluding hydrogens is 414 g/mol. The minimum Gasteiger partial charge on any atom is -0.477 e. The van der Waals surface area contributed by atoms with Crippen LogP contribution in [0.15, 0.2) is 36.9 Å². The van der Waals surface area contributed by atoms with E-state index < -0.39 is 5.97 Å². The summed E-state index contributed by atoms with van der Waals surface area (Å²) in [6.07, 6.45) is 10.7. The van der Waals surface area contributed by atoms with Crippen LogP contribution in [0.1, 0.15) is 27.3 Å². The molecule has 5 rings (SSSR count). The summed E-state index contributed by atoms with van der Waals surface area (Å²) in [4.78, 5) is 21.2. The zero-order chi connectivity index (χ0) is 21.5. The zero-order valence-electron chi connectivity index (χ0n) is 17.1. The number of hydrogen-bond acceptors (Lipinski definition) is 7. The van der Waals surface area contributed by atoms with Gasteiger partial charge in [-0.2, -0.15) is 5.10 Å². The van der Waals surface area contributed by atoms with E-state index in [0.717, 1.165) is 42.0 Å². The first kappa shape index (κ1) is 19.5. The van der Waals surface area contributed by atoms with E-state index in [4.69, 9.17) is 4.98 Å². The van der Waals surface area contributed by atoms with Crippen LogP contribution in [0.2, 0.25) is 0 Å². The van der Waals surface area contributed by atoms with E-state index in [1.165, 1.54) is 11.3 Å². The fourth-order valence-corrected chi connectivity index (χ4v) is 4.62. The predicted molar refractivity (Wildman–Crippen MR) is 120 cm³/mol. The monoisotopic (exact) mass is 435 g/mol. The Bertz CT molecular complexity index is 1330. The third kappa shape index (κ3) is 3.60. The Balaban J connectivity index is 1.65. The summed E-state index contributed by atoms with van der Waals surface area (Å²) in [5, 5.41) is 21.1. The lowest BCUT2D eigenvalue weighted by Crippen LogP contribution is -2.22. The van der Waals surface area contributed by atoms with E-state index in [-0.39, 0.29) is 0 Å². The Labute approximate surface area is 182 Å². The molecule has 10 heteroatoms. The zero-order valence-corrected chi connectivity index (χ0v) is 17.9. The van der Waals surface area contributed by atoms with Crippen molar-refractivity contribution in [2.24, 2.45) is 7.05 Å². The number of nitrogens with zero attached hydrogens (tertiary/aromatic N) is 5. The first-order valence-corrected chi connectivity index (χ1v) is 10.7. The van der Waals surface area contributed by atoms with Crippen LogP contribution in [0, 0.1) is 6.92 Å². The van der Waals surface area contributed by atoms with Gasteiger partial charge in [-0.05, 0) is 37.1 Å². The summed E-state index contributed by atoms with van der Waals surface area (Å²) >= 11 is 1.19. The molecule has 0 saturated heterocycles. The van der Waals surface area contributed by atoms with Gasteiger partial charge in [0.15, 0.2) is 11.5 Å². The van der Waals surface area contributed by atoms with Crippen molar-refractivity contribution >= 4 is 39.3 Å². The number of aromatic carboxylic acids is 1. The molecule has 0 aliphatic carbocycles. The second-order valence-electron chi connectivity index (χ2n) is 7.46. The summed E-state index contributed by atoms with van der Waals surface area (Å²) in [6.45, 7) is 3.49. The smallest absolute Gasteiger partial charge is 0.346 e. The molecule has 4 aromatic rings. The number of rotatable bonds is 5. The maximum atomic E-state index is 11.5. The highest BCUT2D eigenvalue weighted by atomic mass is 32.1. The minimum atomic E-state index is -0.930. The number of nitrogens with one attached hydrogen (secondary N) is 2. The van der Waals surface area contributed by atoms with Crippen molar-refractivity contribution < 1.29 is 9.90 Å². The summed E-state index contributed by atoms with van der Waals surface area (Å²) in [6, 6.07) is 1.82. The number of carbonyl (C=O) groups is 1. The standard InChI is InChI=1S/C21H21N7O2S/c1-12-6-17(31-18(12)21(29)30)26-19-20-23-9-16(14-8-24-27(2)10-14)28(20)11-15(25-19)13-4-3-5-22-7-13/h4,6,8-11,22H,3,5,7H2,1-2H3,(H,25,26)(H,29,30). The SMILES string of the molecule is Cc1cc(Nc2nc(C3=CCCNC3)cn3c(-c4cnn(C)c4)cnc23)sc1C(=O)O. The van der Waals surface area contributed by atoms with Gasteiger partial charge in [0, 0.05) is 31.5 Å². The third-order valence-electron chi connectivity index (χ3n) is 5.20. The van der Waals surface area contributed by atoms with Gasteiger partial charge in [-0.15, -0.1) is 11.3 Å². The van der Waals surface area contributed by atoms with Crippen molar-refractivity contribution in [2.45, 2.75) is 13.3 Å². The first-order valence-electron chi connectivity index (χ1n) is 9.87. The number of aromatic nitrogens is 5. The normalized spacial score (nSPS) is 14.1. The highest BCUT2D eigenvalue weighted by Crippen LogP contribution is 2.32. The van der Waals surface area contributed by atoms with Crippen molar-refractivity contribution in [2.75, 3.05) is 18.4 Å². The second-order valence-corrected chi connectivity index (χ2v) is 8.51. The number of aryl methyl sites for hydroxylation is 2. The molecule has 158 valence electrons. The number of imidazole rings is 1. The Hall–Kier alpha value is -3.50. The molecule has 31 heavy (non-hydrogen) atoms. The summed E-state index contributed by atoms with van der Waals surface area (Å²) in [5.41, 5.74) is 5.20. The van der Waals surface area contributed by atoms with Gasteiger partial charge < -0.3 is 15.7 Å². The first-order chi connectivity index (χ1) is 15.0. The van der Waals surface area contributed by atoms with Crippen LogP contribution in [0.3, 0.4) is 0 Å². The van der Waals surface area contributed by atoms with Crippen molar-refractivity contribution in [3.8, 4) is 11.3 Å². The van der Waals surface area contributed by atoms with Gasteiger partial charge in [0.25, 0.3) is 0 Å². The molecule has 1 aliphatic heterocycles. The lowest BCUT2D eigenvalue weighted by atomic mass is 10.1. The van der Waals surface area contributed by atoms with Gasteiger partial charge in [0.2, 0.25) is 0 Å². The Morgan fingerprint density at radius 2 is 2.19 bits per heavy atom. The van der Waals surface area contributed by atoms with Crippen LogP contribution in [0.5, 0.6) is 0 Å². The lowest BCUT2D eigenvalue weighted by Gasteiger charge is -2.16. The molecule has 0 radical (unpaired) electrons. The molecule has 0 fully saturated rings. The molecule has 9 nitrogen and oxygen atoms in total. The third-order valence-corrected chi connectivity index (χ3v) is 6.34. The molecule has 0 saturated carbocycles. The Kier molecular flexibility index (Phi) is 4.79. The fraction of sp³-hybridized carbons (Fsp3) is 0.238. The predicted octanol–water partition coefficient (Wildman–Crippen LogP) is 3.32. The van der Waals surface area contributed by atoms with Crippen molar-refractivity contribution in [1.29, 1.82) is 0 Å². The van der Waals surface area contributed by atoms with Crippen LogP contribution in [0.25, 0.3) is 22.5 Å². The second kappa shape index (κ2) is 7.64. The van der Waals surface area contributed by atoms with Gasteiger partial charge in [0.1, 0.15) is 4.88 Å². The van der Waals surface area contributed by atoms with E-state index >= 15 is 0 Å². The molecule has 5 heterocycles. The van der Waals surface area contributed by atoms with Gasteiger partial charge >= 0.3 is 5.97 Å². The van der Waals surface area contributed by atoms with E-state index in [1.54, 1.807) is 24.0 Å². The van der Waals surface area contributed by atoms with E-state index in [0.29, 0.717) is 26.9 Å². The molecule has 0 unspecified atom stereocenters. The number of carboxylic acid groups (broad SMARTS) is 1. The van der Waals surface area contributed by atoms with E-state index in [1.807, 2.05) is 29.9 Å². The van der Waals surface area contributed by atoms with Crippen LogP contribution in [0.4, 0.5) is 10.8 Å². The molecule has 0 amide bonds. The Morgan fingerprint density at radius 1 is 1.32 bits per heavy atom. The quantitative estimate of drug-likeness (QED) is 0.441. The molecule has 0 atom stereocenters. The number of fused-ring (bicyclic) bond motifs is 1. The van der Waals surface area contributed by atoms with Gasteiger partial charge in [0.05, 0.1) is 28.8 Å². The van der Waals surface area contributed by atoms with Crippen LogP contribution in [-0.2, 0) is 7.05 Å². The maximum absolute atomic E-state index is 11.5. The summed E-state index contributed by atoms with van der Waals surface area (Å²) in [5.74, 6) is -0.349. The highest BCUT2D eigenvalue weighted by molar-refractivity contribution is 7.18. The van der Waals surface area contributed by atoms with Crippen molar-refractivity contribution in [3.05, 3.63) is 53.1 Å². The van der Waals surface area contributed by atoms with Gasteiger partial charge in [-0.1, -0.05) is 6.08 Å². The summed E-state index contributed by atoms with van der Waals surface area (Å²) in [7, 11) is 1.88. The number of anilines is 2. The van der Waals surface area contributed by atoms with E-state index in [9.17, 15) is 9.90 Å². The maximum Gasteiger partial charge on any atom is 0.346 e. The topological polar surface area (TPSA) is 109 Å². The van der Waals surface area contributed by atoms with Crippen LogP contribution in [-0.4, -0.2) is 48.3 Å². The average Bonchev–Trinajstić information content (AvgIpc) is 3.46. The molecule has 1 aliphatic rings. The minimum absolute atomic E-state index is 0.313. The fourth-order valence-electron chi connectivity index (χ4n) is 3.71. The number of thiophene rings is 1. The molecular formula is C21H21N7O2S. The van der Waals surface area contributed by atoms with Gasteiger partial charge in [-0.25, -0.2) is 14.8 Å². The van der Waals surface area contributed by atoms with Crippen molar-refractivity contribution in [3.63, 3.8) is 0 Å². The number of hydrogen-bond donors (Lipinski definition) is 3. The average molecular weight is 436 g/mol. The largest absolute Gasteiger partial charge is 0.477 e. The van der Waals surface area contributed by atoms with E-state index in [2.05, 4.69) is 26.8 Å². The molecule has 0 bridgehead atoms. The van der Waals surface area contributed by atoms with Crippen LogP contribution < -0.4 is 10.6 Å². The number of carboxylic acids is 1. The van der Waals surface area contributed by atoms with Crippen molar-refractivity contribution in [1.82, 2.24) is 29.5 Å². The molecule has 4 aromatic heterocycles. The molecule has 3 N–H and O–H groups in total. The highest BCUT2D eigenvalue weighted by Gasteiger charge is 2.18. The Morgan fingerprint density at radius 3 is 2.87 bits per heavy atom. The van der Waals surface area contributed by atoms with Crippen LogP contribution >= 0.6 is 11.3 Å². The molecule has 0 spiro atoms. The lowest BCUT2D eigenvalue weighted by molar-refractivity contribution is 0.0701. The molecule has 0 aromatic carbocycles.